The van der Waals surface area contributed by atoms with Gasteiger partial charge in [0.25, 0.3) is 0 Å². The predicted molar refractivity (Wildman–Crippen MR) is 75.3 cm³/mol. The summed E-state index contributed by atoms with van der Waals surface area (Å²) in [7, 11) is -3.23. The summed E-state index contributed by atoms with van der Waals surface area (Å²) in [5.41, 5.74) is 0.593. The van der Waals surface area contributed by atoms with Crippen molar-refractivity contribution in [3.8, 4) is 12.3 Å². The Kier molecular flexibility index (Phi) is 5.24. The summed E-state index contributed by atoms with van der Waals surface area (Å²) in [6.07, 6.45) is 7.20. The summed E-state index contributed by atoms with van der Waals surface area (Å²) >= 11 is 0. The van der Waals surface area contributed by atoms with Crippen molar-refractivity contribution < 1.29 is 8.42 Å². The normalized spacial score (nSPS) is 12.7. The van der Waals surface area contributed by atoms with E-state index in [2.05, 4.69) is 11.2 Å². The summed E-state index contributed by atoms with van der Waals surface area (Å²) in [6, 6.07) is 6.75. The van der Waals surface area contributed by atoms with Crippen molar-refractivity contribution in [2.75, 3.05) is 11.1 Å². The van der Waals surface area contributed by atoms with Crippen LogP contribution in [0.5, 0.6) is 0 Å². The minimum absolute atomic E-state index is 0.0835. The van der Waals surface area contributed by atoms with Crippen LogP contribution in [0.4, 0.5) is 5.69 Å². The molecule has 1 unspecified atom stereocenters. The molecule has 0 aromatic heterocycles. The Balaban J connectivity index is 3.07. The monoisotopic (exact) mass is 265 g/mol. The molecule has 0 radical (unpaired) electrons. The van der Waals surface area contributed by atoms with Gasteiger partial charge in [-0.3, -0.25) is 0 Å². The maximum Gasteiger partial charge on any atom is 0.180 e. The standard InChI is InChI=1S/C14H19NO2S/c1-4-9-12(5-2)15-13-10-7-8-11-14(13)18(16,17)6-3/h2,7-8,10-12,15H,4,6,9H2,1,3H3. The summed E-state index contributed by atoms with van der Waals surface area (Å²) in [4.78, 5) is 0.323. The highest BCUT2D eigenvalue weighted by Crippen LogP contribution is 2.23. The van der Waals surface area contributed by atoms with Gasteiger partial charge in [-0.2, -0.15) is 0 Å². The minimum atomic E-state index is -3.23. The zero-order valence-corrected chi connectivity index (χ0v) is 11.6. The van der Waals surface area contributed by atoms with Gasteiger partial charge in [-0.1, -0.05) is 38.3 Å². The fourth-order valence-electron chi connectivity index (χ4n) is 1.69. The fraction of sp³-hybridized carbons (Fsp3) is 0.429. The highest BCUT2D eigenvalue weighted by molar-refractivity contribution is 7.91. The first-order chi connectivity index (χ1) is 8.55. The van der Waals surface area contributed by atoms with E-state index in [4.69, 9.17) is 6.42 Å². The van der Waals surface area contributed by atoms with E-state index in [0.29, 0.717) is 10.6 Å². The third-order valence-corrected chi connectivity index (χ3v) is 4.50. The number of benzene rings is 1. The summed E-state index contributed by atoms with van der Waals surface area (Å²) in [5, 5.41) is 3.12. The Morgan fingerprint density at radius 3 is 2.56 bits per heavy atom. The zero-order valence-electron chi connectivity index (χ0n) is 10.8. The summed E-state index contributed by atoms with van der Waals surface area (Å²) < 4.78 is 23.9. The van der Waals surface area contributed by atoms with Gasteiger partial charge in [0.15, 0.2) is 9.84 Å². The first kappa shape index (κ1) is 14.6. The van der Waals surface area contributed by atoms with Crippen LogP contribution in [0.2, 0.25) is 0 Å². The summed E-state index contributed by atoms with van der Waals surface area (Å²) in [5.74, 6) is 2.73. The van der Waals surface area contributed by atoms with Crippen LogP contribution in [-0.4, -0.2) is 20.2 Å². The highest BCUT2D eigenvalue weighted by atomic mass is 32.2. The minimum Gasteiger partial charge on any atom is -0.371 e. The van der Waals surface area contributed by atoms with Gasteiger partial charge < -0.3 is 5.32 Å². The number of sulfone groups is 1. The number of para-hydroxylation sites is 1. The van der Waals surface area contributed by atoms with E-state index in [1.54, 1.807) is 31.2 Å². The molecule has 1 aromatic rings. The lowest BCUT2D eigenvalue weighted by Gasteiger charge is -2.16. The second-order valence-electron chi connectivity index (χ2n) is 4.05. The first-order valence-corrected chi connectivity index (χ1v) is 7.74. The Hall–Kier alpha value is -1.47. The van der Waals surface area contributed by atoms with Crippen molar-refractivity contribution in [2.24, 2.45) is 0 Å². The van der Waals surface area contributed by atoms with E-state index < -0.39 is 9.84 Å². The molecule has 0 aliphatic heterocycles. The molecular formula is C14H19NO2S. The number of nitrogens with one attached hydrogen (secondary N) is 1. The van der Waals surface area contributed by atoms with Gasteiger partial charge >= 0.3 is 0 Å². The van der Waals surface area contributed by atoms with Crippen molar-refractivity contribution in [3.63, 3.8) is 0 Å². The van der Waals surface area contributed by atoms with E-state index in [0.717, 1.165) is 12.8 Å². The van der Waals surface area contributed by atoms with Crippen molar-refractivity contribution >= 4 is 15.5 Å². The topological polar surface area (TPSA) is 46.2 Å². The molecule has 0 aliphatic carbocycles. The molecule has 0 aliphatic rings. The number of terminal acetylenes is 1. The fourth-order valence-corrected chi connectivity index (χ4v) is 2.75. The Morgan fingerprint density at radius 2 is 2.00 bits per heavy atom. The number of anilines is 1. The molecule has 0 saturated carbocycles. The molecule has 0 heterocycles. The average molecular weight is 265 g/mol. The molecule has 3 nitrogen and oxygen atoms in total. The van der Waals surface area contributed by atoms with Crippen molar-refractivity contribution in [2.45, 2.75) is 37.6 Å². The van der Waals surface area contributed by atoms with Crippen LogP contribution < -0.4 is 5.32 Å². The van der Waals surface area contributed by atoms with Crippen LogP contribution in [0.25, 0.3) is 0 Å². The molecule has 0 bridgehead atoms. The lowest BCUT2D eigenvalue weighted by molar-refractivity contribution is 0.597. The van der Waals surface area contributed by atoms with E-state index in [-0.39, 0.29) is 11.8 Å². The van der Waals surface area contributed by atoms with Crippen LogP contribution in [-0.2, 0) is 9.84 Å². The lowest BCUT2D eigenvalue weighted by Crippen LogP contribution is -2.19. The van der Waals surface area contributed by atoms with Crippen LogP contribution >= 0.6 is 0 Å². The largest absolute Gasteiger partial charge is 0.371 e. The molecular weight excluding hydrogens is 246 g/mol. The van der Waals surface area contributed by atoms with Crippen molar-refractivity contribution in [1.29, 1.82) is 0 Å². The molecule has 0 spiro atoms. The molecule has 0 fully saturated rings. The number of hydrogen-bond acceptors (Lipinski definition) is 3. The van der Waals surface area contributed by atoms with Gasteiger partial charge in [-0.25, -0.2) is 8.42 Å². The van der Waals surface area contributed by atoms with E-state index >= 15 is 0 Å². The first-order valence-electron chi connectivity index (χ1n) is 6.09. The molecule has 98 valence electrons. The maximum atomic E-state index is 12.0. The SMILES string of the molecule is C#CC(CCC)Nc1ccccc1S(=O)(=O)CC. The molecule has 1 aromatic carbocycles. The van der Waals surface area contributed by atoms with E-state index in [9.17, 15) is 8.42 Å². The molecule has 0 saturated heterocycles. The second kappa shape index (κ2) is 6.46. The van der Waals surface area contributed by atoms with Crippen molar-refractivity contribution in [1.82, 2.24) is 0 Å². The van der Waals surface area contributed by atoms with Gasteiger partial charge in [0.2, 0.25) is 0 Å². The molecule has 1 N–H and O–H groups in total. The third-order valence-electron chi connectivity index (χ3n) is 2.71. The van der Waals surface area contributed by atoms with Crippen LogP contribution in [0.1, 0.15) is 26.7 Å². The van der Waals surface area contributed by atoms with Crippen LogP contribution in [0, 0.1) is 12.3 Å². The molecule has 1 atom stereocenters. The quantitative estimate of drug-likeness (QED) is 0.804. The Bertz CT molecular complexity index is 529. The molecule has 1 rings (SSSR count). The zero-order chi connectivity index (χ0) is 13.6. The Morgan fingerprint density at radius 1 is 1.33 bits per heavy atom. The summed E-state index contributed by atoms with van der Waals surface area (Å²) in [6.45, 7) is 3.68. The second-order valence-corrected chi connectivity index (χ2v) is 6.30. The van der Waals surface area contributed by atoms with Gasteiger partial charge in [0.05, 0.1) is 22.4 Å². The smallest absolute Gasteiger partial charge is 0.180 e. The lowest BCUT2D eigenvalue weighted by atomic mass is 10.1. The highest BCUT2D eigenvalue weighted by Gasteiger charge is 2.17. The van der Waals surface area contributed by atoms with Gasteiger partial charge in [-0.05, 0) is 18.6 Å². The van der Waals surface area contributed by atoms with Crippen LogP contribution in [0.15, 0.2) is 29.2 Å². The van der Waals surface area contributed by atoms with Crippen LogP contribution in [0.3, 0.4) is 0 Å². The molecule has 4 heteroatoms. The number of hydrogen-bond donors (Lipinski definition) is 1. The maximum absolute atomic E-state index is 12.0. The van der Waals surface area contributed by atoms with Gasteiger partial charge in [0.1, 0.15) is 0 Å². The van der Waals surface area contributed by atoms with E-state index in [1.165, 1.54) is 0 Å². The van der Waals surface area contributed by atoms with Gasteiger partial charge in [-0.15, -0.1) is 6.42 Å². The predicted octanol–water partition coefficient (Wildman–Crippen LogP) is 2.69. The average Bonchev–Trinajstić information content (AvgIpc) is 2.38. The molecule has 0 amide bonds. The Labute approximate surface area is 110 Å². The van der Waals surface area contributed by atoms with Gasteiger partial charge in [0, 0.05) is 0 Å². The number of rotatable bonds is 6. The third kappa shape index (κ3) is 3.51. The van der Waals surface area contributed by atoms with Crippen molar-refractivity contribution in [3.05, 3.63) is 24.3 Å². The molecule has 18 heavy (non-hydrogen) atoms. The van der Waals surface area contributed by atoms with E-state index in [1.807, 2.05) is 6.92 Å².